The molecule has 0 radical (unpaired) electrons. The molecule has 0 aromatic heterocycles. The van der Waals surface area contributed by atoms with Crippen molar-refractivity contribution in [1.29, 1.82) is 0 Å². The maximum atomic E-state index is 12.7. The van der Waals surface area contributed by atoms with Crippen LogP contribution in [0.2, 0.25) is 0 Å². The van der Waals surface area contributed by atoms with Gasteiger partial charge in [-0.05, 0) is 24.8 Å². The van der Waals surface area contributed by atoms with Crippen LogP contribution in [0, 0.1) is 5.41 Å². The number of nitrogens with one attached hydrogen (secondary N) is 1. The van der Waals surface area contributed by atoms with Gasteiger partial charge in [-0.15, -0.1) is 6.58 Å². The number of carbonyl (C=O) groups excluding carboxylic acids is 2. The van der Waals surface area contributed by atoms with Crippen molar-refractivity contribution in [3.63, 3.8) is 0 Å². The Morgan fingerprint density at radius 2 is 1.92 bits per heavy atom. The maximum Gasteiger partial charge on any atom is 0.320 e. The Balaban J connectivity index is 2.85. The van der Waals surface area contributed by atoms with Gasteiger partial charge < -0.3 is 15.8 Å². The average Bonchev–Trinajstić information content (AvgIpc) is 2.63. The van der Waals surface area contributed by atoms with E-state index in [9.17, 15) is 9.59 Å². The lowest BCUT2D eigenvalue weighted by atomic mass is 9.78. The van der Waals surface area contributed by atoms with Crippen molar-refractivity contribution in [3.05, 3.63) is 48.6 Å². The highest BCUT2D eigenvalue weighted by Gasteiger charge is 2.33. The Hall–Kier alpha value is -2.14. The Bertz CT molecular complexity index is 539. The number of nitrogens with two attached hydrogens (primary N) is 1. The van der Waals surface area contributed by atoms with Gasteiger partial charge in [-0.3, -0.25) is 9.59 Å². The first-order valence-electron chi connectivity index (χ1n) is 8.36. The highest BCUT2D eigenvalue weighted by Crippen LogP contribution is 2.31. The lowest BCUT2D eigenvalue weighted by molar-refractivity contribution is -0.148. The summed E-state index contributed by atoms with van der Waals surface area (Å²) in [5.41, 5.74) is 5.68. The molecular weight excluding hydrogens is 304 g/mol. The summed E-state index contributed by atoms with van der Waals surface area (Å²) in [5, 5.41) is 2.93. The normalized spacial score (nSPS) is 12.3. The third kappa shape index (κ3) is 5.20. The van der Waals surface area contributed by atoms with Gasteiger partial charge in [0.05, 0.1) is 18.5 Å². The molecule has 0 aliphatic carbocycles. The molecular formula is C19H28N2O3. The van der Waals surface area contributed by atoms with Crippen molar-refractivity contribution in [2.24, 2.45) is 11.1 Å². The summed E-state index contributed by atoms with van der Waals surface area (Å²) in [5.74, 6) is -0.543. The van der Waals surface area contributed by atoms with E-state index in [4.69, 9.17) is 10.5 Å². The van der Waals surface area contributed by atoms with Crippen LogP contribution in [0.3, 0.4) is 0 Å². The minimum atomic E-state index is -0.554. The fourth-order valence-corrected chi connectivity index (χ4v) is 2.70. The van der Waals surface area contributed by atoms with Gasteiger partial charge in [0.2, 0.25) is 5.91 Å². The molecule has 0 spiro atoms. The van der Waals surface area contributed by atoms with Crippen LogP contribution in [-0.4, -0.2) is 25.0 Å². The van der Waals surface area contributed by atoms with Crippen LogP contribution in [0.15, 0.2) is 43.0 Å². The minimum absolute atomic E-state index is 0.0443. The molecule has 1 amide bonds. The van der Waals surface area contributed by atoms with E-state index in [-0.39, 0.29) is 19.0 Å². The van der Waals surface area contributed by atoms with Gasteiger partial charge in [0.25, 0.3) is 0 Å². The van der Waals surface area contributed by atoms with Gasteiger partial charge in [-0.25, -0.2) is 0 Å². The summed E-state index contributed by atoms with van der Waals surface area (Å²) in [6, 6.07) is 9.32. The summed E-state index contributed by atoms with van der Waals surface area (Å²) in [6.45, 7) is 7.77. The zero-order valence-electron chi connectivity index (χ0n) is 14.6. The van der Waals surface area contributed by atoms with Crippen LogP contribution in [0.25, 0.3) is 0 Å². The summed E-state index contributed by atoms with van der Waals surface area (Å²) < 4.78 is 5.38. The van der Waals surface area contributed by atoms with Crippen LogP contribution >= 0.6 is 0 Å². The third-order valence-corrected chi connectivity index (χ3v) is 4.43. The molecule has 0 heterocycles. The largest absolute Gasteiger partial charge is 0.455 e. The number of allylic oxidation sites excluding steroid dienone is 1. The molecule has 0 aliphatic heterocycles. The monoisotopic (exact) mass is 332 g/mol. The molecule has 132 valence electrons. The molecule has 1 aromatic rings. The summed E-state index contributed by atoms with van der Waals surface area (Å²) in [4.78, 5) is 24.3. The second kappa shape index (κ2) is 9.88. The van der Waals surface area contributed by atoms with Crippen molar-refractivity contribution in [2.75, 3.05) is 13.1 Å². The van der Waals surface area contributed by atoms with E-state index in [0.717, 1.165) is 18.4 Å². The molecule has 0 unspecified atom stereocenters. The fraction of sp³-hybridized carbons (Fsp3) is 0.474. The number of rotatable bonds is 10. The molecule has 1 atom stereocenters. The fourth-order valence-electron chi connectivity index (χ4n) is 2.70. The zero-order valence-corrected chi connectivity index (χ0v) is 14.6. The smallest absolute Gasteiger partial charge is 0.320 e. The van der Waals surface area contributed by atoms with Crippen molar-refractivity contribution >= 4 is 11.9 Å². The van der Waals surface area contributed by atoms with Gasteiger partial charge >= 0.3 is 5.97 Å². The third-order valence-electron chi connectivity index (χ3n) is 4.43. The van der Waals surface area contributed by atoms with Gasteiger partial charge in [0.1, 0.15) is 6.10 Å². The molecule has 5 nitrogen and oxygen atoms in total. The second-order valence-electron chi connectivity index (χ2n) is 5.78. The first-order chi connectivity index (χ1) is 11.5. The van der Waals surface area contributed by atoms with E-state index in [0.29, 0.717) is 6.42 Å². The molecule has 0 fully saturated rings. The van der Waals surface area contributed by atoms with Crippen molar-refractivity contribution in [1.82, 2.24) is 5.32 Å². The average molecular weight is 332 g/mol. The predicted octanol–water partition coefficient (Wildman–Crippen LogP) is 2.73. The van der Waals surface area contributed by atoms with Crippen LogP contribution in [0.5, 0.6) is 0 Å². The number of benzene rings is 1. The second-order valence-corrected chi connectivity index (χ2v) is 5.78. The van der Waals surface area contributed by atoms with E-state index in [1.54, 1.807) is 6.08 Å². The molecule has 1 rings (SSSR count). The number of hydrogen-bond acceptors (Lipinski definition) is 4. The molecule has 1 aromatic carbocycles. The maximum absolute atomic E-state index is 12.7. The summed E-state index contributed by atoms with van der Waals surface area (Å²) in [7, 11) is 0. The molecule has 5 heteroatoms. The van der Waals surface area contributed by atoms with Gasteiger partial charge in [0.15, 0.2) is 0 Å². The number of esters is 1. The zero-order chi connectivity index (χ0) is 18.0. The van der Waals surface area contributed by atoms with Crippen LogP contribution in [0.4, 0.5) is 0 Å². The lowest BCUT2D eigenvalue weighted by Gasteiger charge is -2.30. The number of hydrogen-bond donors (Lipinski definition) is 2. The molecule has 3 N–H and O–H groups in total. The molecule has 0 saturated heterocycles. The highest BCUT2D eigenvalue weighted by molar-refractivity contribution is 5.82. The predicted molar refractivity (Wildman–Crippen MR) is 95.2 cm³/mol. The SMILES string of the molecule is C=CCC(CC)(CC)C(=O)NC[C@@H](OC(=O)CN)c1ccccc1. The minimum Gasteiger partial charge on any atom is -0.455 e. The topological polar surface area (TPSA) is 81.4 Å². The Labute approximate surface area is 144 Å². The number of carbonyl (C=O) groups is 2. The van der Waals surface area contributed by atoms with E-state index >= 15 is 0 Å². The van der Waals surface area contributed by atoms with Crippen LogP contribution < -0.4 is 11.1 Å². The molecule has 0 saturated carbocycles. The Kier molecular flexibility index (Phi) is 8.19. The first-order valence-corrected chi connectivity index (χ1v) is 8.36. The number of ether oxygens (including phenoxy) is 1. The van der Waals surface area contributed by atoms with Crippen LogP contribution in [0.1, 0.15) is 44.8 Å². The van der Waals surface area contributed by atoms with Crippen molar-refractivity contribution < 1.29 is 14.3 Å². The molecule has 0 bridgehead atoms. The van der Waals surface area contributed by atoms with Crippen LogP contribution in [-0.2, 0) is 14.3 Å². The highest BCUT2D eigenvalue weighted by atomic mass is 16.5. The van der Waals surface area contributed by atoms with E-state index in [1.807, 2.05) is 44.2 Å². The van der Waals surface area contributed by atoms with Gasteiger partial charge in [-0.2, -0.15) is 0 Å². The number of amides is 1. The Morgan fingerprint density at radius 1 is 1.29 bits per heavy atom. The standard InChI is InChI=1S/C19H28N2O3/c1-4-12-19(5-2,6-3)18(23)21-14-16(24-17(22)13-20)15-10-8-7-9-11-15/h4,7-11,16H,1,5-6,12-14,20H2,2-3H3,(H,21,23)/t16-/m1/s1. The van der Waals surface area contributed by atoms with E-state index < -0.39 is 17.5 Å². The Morgan fingerprint density at radius 3 is 2.42 bits per heavy atom. The van der Waals surface area contributed by atoms with Gasteiger partial charge in [0, 0.05) is 0 Å². The molecule has 24 heavy (non-hydrogen) atoms. The summed E-state index contributed by atoms with van der Waals surface area (Å²) in [6.07, 6.45) is 3.28. The van der Waals surface area contributed by atoms with Gasteiger partial charge in [-0.1, -0.05) is 50.3 Å². The van der Waals surface area contributed by atoms with E-state index in [2.05, 4.69) is 11.9 Å². The van der Waals surface area contributed by atoms with Crippen molar-refractivity contribution in [2.45, 2.75) is 39.2 Å². The van der Waals surface area contributed by atoms with E-state index in [1.165, 1.54) is 0 Å². The quantitative estimate of drug-likeness (QED) is 0.510. The summed E-state index contributed by atoms with van der Waals surface area (Å²) >= 11 is 0. The lowest BCUT2D eigenvalue weighted by Crippen LogP contribution is -2.42. The first kappa shape index (κ1) is 19.9. The molecule has 0 aliphatic rings. The van der Waals surface area contributed by atoms with Crippen molar-refractivity contribution in [3.8, 4) is 0 Å².